The van der Waals surface area contributed by atoms with Crippen LogP contribution in [0.25, 0.3) is 0 Å². The zero-order valence-corrected chi connectivity index (χ0v) is 33.4. The number of nitrogens with one attached hydrogen (secondary N) is 2. The Hall–Kier alpha value is -2.37. The Morgan fingerprint density at radius 3 is 2.16 bits per heavy atom. The Kier molecular flexibility index (Phi) is 8.75. The topological polar surface area (TPSA) is 84.5 Å². The number of benzene rings is 1. The van der Waals surface area contributed by atoms with Crippen LogP contribution in [-0.4, -0.2) is 35.0 Å². The lowest BCUT2D eigenvalue weighted by Gasteiger charge is -2.72. The summed E-state index contributed by atoms with van der Waals surface area (Å²) in [4.78, 5) is 42.5. The minimum absolute atomic E-state index is 0.0817. The maximum Gasteiger partial charge on any atom is 0.408 e. The quantitative estimate of drug-likeness (QED) is 0.310. The number of ether oxygens (including phenoxy) is 1. The highest BCUT2D eigenvalue weighted by atomic mass is 16.6. The first-order chi connectivity index (χ1) is 23.7. The summed E-state index contributed by atoms with van der Waals surface area (Å²) in [5.74, 6) is 2.18. The predicted molar refractivity (Wildman–Crippen MR) is 202 cm³/mol. The van der Waals surface area contributed by atoms with E-state index in [4.69, 9.17) is 4.74 Å². The highest BCUT2D eigenvalue weighted by Crippen LogP contribution is 2.77. The van der Waals surface area contributed by atoms with Gasteiger partial charge in [0.25, 0.3) is 0 Å². The smallest absolute Gasteiger partial charge is 0.408 e. The van der Waals surface area contributed by atoms with Crippen LogP contribution in [0, 0.1) is 69.0 Å². The average molecular weight is 700 g/mol. The molecule has 51 heavy (non-hydrogen) atoms. The van der Waals surface area contributed by atoms with E-state index in [-0.39, 0.29) is 45.7 Å². The van der Waals surface area contributed by atoms with Gasteiger partial charge in [-0.25, -0.2) is 4.79 Å². The van der Waals surface area contributed by atoms with Gasteiger partial charge in [-0.1, -0.05) is 78.8 Å². The molecule has 1 radical (unpaired) electrons. The van der Waals surface area contributed by atoms with Gasteiger partial charge in [-0.05, 0) is 161 Å². The molecule has 6 saturated carbocycles. The largest absolute Gasteiger partial charge is 0.444 e. The lowest BCUT2D eigenvalue weighted by atomic mass is 9.32. The standard InChI is InChI=1S/C45H67N2O4/c1-28(2)45(27-29-15-12-11-13-16-29)34-30(35(36(45)48)46-37(49)44(25-26-44)47-38(50)51-39(3,4)5)19-23-42(9)31(34)17-18-33-41(8)22-14-21-40(6,7)32(41)20-24-43(33,42)10/h11-13,15-16,21,28,30-35H,14,17-20,22-27H2,1-10H3,(H,46,49)(H,47,50)/t30-,31-,32-,33-,34+,35-,41-,42-,43-,45-/m0/s1. The van der Waals surface area contributed by atoms with E-state index >= 15 is 4.79 Å². The summed E-state index contributed by atoms with van der Waals surface area (Å²) in [6.45, 7) is 22.9. The predicted octanol–water partition coefficient (Wildman–Crippen LogP) is 9.50. The van der Waals surface area contributed by atoms with Gasteiger partial charge in [0.1, 0.15) is 11.1 Å². The van der Waals surface area contributed by atoms with E-state index in [1.165, 1.54) is 37.7 Å². The molecule has 2 N–H and O–H groups in total. The van der Waals surface area contributed by atoms with E-state index in [1.807, 2.05) is 20.8 Å². The molecule has 6 heteroatoms. The van der Waals surface area contributed by atoms with Gasteiger partial charge >= 0.3 is 6.09 Å². The van der Waals surface area contributed by atoms with Gasteiger partial charge in [0, 0.05) is 5.41 Å². The van der Waals surface area contributed by atoms with Crippen molar-refractivity contribution in [3.63, 3.8) is 0 Å². The number of hydrogen-bond donors (Lipinski definition) is 2. The molecular weight excluding hydrogens is 633 g/mol. The molecule has 0 spiro atoms. The second-order valence-corrected chi connectivity index (χ2v) is 20.8. The Labute approximate surface area is 308 Å². The van der Waals surface area contributed by atoms with Crippen molar-refractivity contribution < 1.29 is 19.1 Å². The molecule has 1 aromatic rings. The molecule has 6 aliphatic rings. The molecular formula is C45H67N2O4. The summed E-state index contributed by atoms with van der Waals surface area (Å²) in [7, 11) is 0. The first-order valence-electron chi connectivity index (χ1n) is 20.5. The van der Waals surface area contributed by atoms with E-state index in [2.05, 4.69) is 95.9 Å². The molecule has 281 valence electrons. The zero-order chi connectivity index (χ0) is 37.0. The van der Waals surface area contributed by atoms with Gasteiger partial charge < -0.3 is 15.4 Å². The molecule has 1 aromatic carbocycles. The van der Waals surface area contributed by atoms with Crippen LogP contribution in [0.2, 0.25) is 0 Å². The molecule has 0 bridgehead atoms. The van der Waals surface area contributed by atoms with Crippen molar-refractivity contribution in [2.24, 2.45) is 62.6 Å². The van der Waals surface area contributed by atoms with Crippen LogP contribution in [0.3, 0.4) is 0 Å². The van der Waals surface area contributed by atoms with Crippen molar-refractivity contribution in [2.75, 3.05) is 0 Å². The van der Waals surface area contributed by atoms with Gasteiger partial charge in [-0.15, -0.1) is 0 Å². The summed E-state index contributed by atoms with van der Waals surface area (Å²) in [6.07, 6.45) is 13.4. The number of hydrogen-bond acceptors (Lipinski definition) is 4. The molecule has 0 aromatic heterocycles. The third kappa shape index (κ3) is 5.55. The minimum Gasteiger partial charge on any atom is -0.444 e. The average Bonchev–Trinajstić information content (AvgIpc) is 3.77. The second kappa shape index (κ2) is 12.1. The maximum absolute atomic E-state index is 15.5. The summed E-state index contributed by atoms with van der Waals surface area (Å²) >= 11 is 0. The van der Waals surface area contributed by atoms with Crippen LogP contribution in [0.1, 0.15) is 139 Å². The molecule has 7 rings (SSSR count). The molecule has 6 nitrogen and oxygen atoms in total. The number of ketones is 1. The molecule has 0 heterocycles. The monoisotopic (exact) mass is 700 g/mol. The minimum atomic E-state index is -1.01. The van der Waals surface area contributed by atoms with Crippen molar-refractivity contribution in [1.29, 1.82) is 0 Å². The first-order valence-corrected chi connectivity index (χ1v) is 20.5. The number of fused-ring (bicyclic) bond motifs is 7. The molecule has 0 unspecified atom stereocenters. The van der Waals surface area contributed by atoms with Crippen molar-refractivity contribution in [3.05, 3.63) is 42.3 Å². The van der Waals surface area contributed by atoms with E-state index in [9.17, 15) is 9.59 Å². The van der Waals surface area contributed by atoms with Crippen LogP contribution >= 0.6 is 0 Å². The highest BCUT2D eigenvalue weighted by Gasteiger charge is 2.73. The lowest BCUT2D eigenvalue weighted by Crippen LogP contribution is -2.65. The van der Waals surface area contributed by atoms with E-state index in [0.29, 0.717) is 36.5 Å². The fourth-order valence-corrected chi connectivity index (χ4v) is 14.1. The zero-order valence-electron chi connectivity index (χ0n) is 33.4. The SMILES string of the molecule is CC(C)[C@]1(Cc2ccccc2)C(=O)[C@@H](NC(=O)C2(NC(=O)OC(C)(C)C)CC2)[C@H]2CC[C@@]3(C)[C@@H](CC[C@H]4[C@@]5(C)CC[CH]C(C)(C)[C@@H]5CC[C@@]43C)[C@@H]21. The fraction of sp³-hybridized carbons (Fsp3) is 0.778. The number of alkyl carbamates (subject to hydrolysis) is 1. The van der Waals surface area contributed by atoms with Gasteiger partial charge in [0.05, 0.1) is 6.04 Å². The summed E-state index contributed by atoms with van der Waals surface area (Å²) in [6, 6.07) is 10.1. The van der Waals surface area contributed by atoms with Crippen LogP contribution < -0.4 is 10.6 Å². The van der Waals surface area contributed by atoms with Gasteiger partial charge in [-0.3, -0.25) is 9.59 Å². The Morgan fingerprint density at radius 1 is 0.863 bits per heavy atom. The third-order valence-electron chi connectivity index (χ3n) is 16.7. The first kappa shape index (κ1) is 37.0. The molecule has 2 amide bonds. The number of carbonyl (C=O) groups is 3. The highest BCUT2D eigenvalue weighted by molar-refractivity contribution is 6.00. The Balaban J connectivity index is 1.25. The van der Waals surface area contributed by atoms with Gasteiger partial charge in [0.2, 0.25) is 5.91 Å². The molecule has 0 saturated heterocycles. The summed E-state index contributed by atoms with van der Waals surface area (Å²) in [5.41, 5.74) is -0.129. The fourth-order valence-electron chi connectivity index (χ4n) is 14.1. The Bertz CT molecular complexity index is 1540. The second-order valence-electron chi connectivity index (χ2n) is 20.8. The van der Waals surface area contributed by atoms with E-state index in [1.54, 1.807) is 0 Å². The Morgan fingerprint density at radius 2 is 1.53 bits per heavy atom. The van der Waals surface area contributed by atoms with E-state index in [0.717, 1.165) is 25.2 Å². The summed E-state index contributed by atoms with van der Waals surface area (Å²) < 4.78 is 5.55. The number of carbonyl (C=O) groups excluding carboxylic acids is 3. The van der Waals surface area contributed by atoms with Crippen molar-refractivity contribution >= 4 is 17.8 Å². The molecule has 10 atom stereocenters. The number of Topliss-reactive ketones (excluding diaryl/α,β-unsaturated/α-hetero) is 1. The van der Waals surface area contributed by atoms with Crippen LogP contribution in [0.5, 0.6) is 0 Å². The van der Waals surface area contributed by atoms with Crippen molar-refractivity contribution in [1.82, 2.24) is 10.6 Å². The third-order valence-corrected chi connectivity index (χ3v) is 16.7. The van der Waals surface area contributed by atoms with Gasteiger partial charge in [0.15, 0.2) is 5.78 Å². The summed E-state index contributed by atoms with van der Waals surface area (Å²) in [5, 5.41) is 6.26. The van der Waals surface area contributed by atoms with Crippen LogP contribution in [0.4, 0.5) is 4.79 Å². The maximum atomic E-state index is 15.5. The molecule has 6 aliphatic carbocycles. The van der Waals surface area contributed by atoms with E-state index < -0.39 is 28.7 Å². The molecule has 6 fully saturated rings. The molecule has 0 aliphatic heterocycles. The van der Waals surface area contributed by atoms with Gasteiger partial charge in [-0.2, -0.15) is 0 Å². The number of amides is 2. The lowest BCUT2D eigenvalue weighted by molar-refractivity contribution is -0.230. The van der Waals surface area contributed by atoms with Crippen molar-refractivity contribution in [2.45, 2.75) is 157 Å². The van der Waals surface area contributed by atoms with Crippen molar-refractivity contribution in [3.8, 4) is 0 Å². The van der Waals surface area contributed by atoms with Crippen LogP contribution in [0.15, 0.2) is 30.3 Å². The normalized spacial score (nSPS) is 42.1. The van der Waals surface area contributed by atoms with Crippen LogP contribution in [-0.2, 0) is 20.7 Å². The number of rotatable bonds is 6.